The van der Waals surface area contributed by atoms with Gasteiger partial charge in [-0.2, -0.15) is 0 Å². The molecular weight excluding hydrogens is 865 g/mol. The number of rotatable bonds is 49. The Morgan fingerprint density at radius 2 is 0.629 bits per heavy atom. The standard InChI is InChI=1S/C64H102O6/c1-4-7-10-13-16-19-22-25-28-30-32-34-36-39-42-45-48-51-54-57-63(66)69-60-61(59-68-62(65)56-53-50-47-44-41-38-27-24-21-18-15-12-9-6-3)70-64(67)58-55-52-49-46-43-40-37-35-33-31-29-26-23-20-17-14-11-8-5-2/h7-8,10-11,13,16-17,19-20,22,25-26,28-30,32-36,39,42,61H,4-6,9,12,14-15,18,21,23-24,27,31,37-38,40-41,43-60H2,1-3H3/b10-7-,11-8-,16-13-,20-17-,22-19-,28-25-,29-26-,32-30+,35-33-,36-34-,42-39-. The maximum absolute atomic E-state index is 12.9. The van der Waals surface area contributed by atoms with E-state index >= 15 is 0 Å². The minimum absolute atomic E-state index is 0.102. The third kappa shape index (κ3) is 54.5. The van der Waals surface area contributed by atoms with E-state index in [9.17, 15) is 14.4 Å². The van der Waals surface area contributed by atoms with Gasteiger partial charge in [-0.05, 0) is 77.0 Å². The molecule has 0 heterocycles. The minimum Gasteiger partial charge on any atom is -0.462 e. The molecule has 1 unspecified atom stereocenters. The fourth-order valence-corrected chi connectivity index (χ4v) is 7.42. The molecule has 0 bridgehead atoms. The molecule has 0 amide bonds. The molecule has 6 nitrogen and oxygen atoms in total. The molecule has 0 spiro atoms. The van der Waals surface area contributed by atoms with Crippen LogP contribution < -0.4 is 0 Å². The second-order valence-corrected chi connectivity index (χ2v) is 18.3. The predicted molar refractivity (Wildman–Crippen MR) is 302 cm³/mol. The maximum atomic E-state index is 12.9. The van der Waals surface area contributed by atoms with Gasteiger partial charge in [0.1, 0.15) is 13.2 Å². The number of carbonyl (C=O) groups excluding carboxylic acids is 3. The van der Waals surface area contributed by atoms with Crippen LogP contribution in [0.1, 0.15) is 233 Å². The highest BCUT2D eigenvalue weighted by molar-refractivity contribution is 5.71. The first-order chi connectivity index (χ1) is 34.5. The van der Waals surface area contributed by atoms with Crippen molar-refractivity contribution in [1.82, 2.24) is 0 Å². The molecule has 0 aromatic heterocycles. The second kappa shape index (κ2) is 57.1. The van der Waals surface area contributed by atoms with Crippen LogP contribution in [0.25, 0.3) is 0 Å². The van der Waals surface area contributed by atoms with Crippen LogP contribution in [-0.4, -0.2) is 37.2 Å². The van der Waals surface area contributed by atoms with Gasteiger partial charge in [-0.3, -0.25) is 14.4 Å². The summed E-state index contributed by atoms with van der Waals surface area (Å²) in [4.78, 5) is 38.2. The summed E-state index contributed by atoms with van der Waals surface area (Å²) in [6, 6.07) is 0. The Kier molecular flexibility index (Phi) is 53.5. The predicted octanol–water partition coefficient (Wildman–Crippen LogP) is 19.0. The van der Waals surface area contributed by atoms with Crippen molar-refractivity contribution in [2.75, 3.05) is 13.2 Å². The van der Waals surface area contributed by atoms with Gasteiger partial charge in [0, 0.05) is 19.3 Å². The molecule has 6 heteroatoms. The second-order valence-electron chi connectivity index (χ2n) is 18.3. The minimum atomic E-state index is -0.809. The molecule has 0 aromatic rings. The normalized spacial score (nSPS) is 13.1. The summed E-state index contributed by atoms with van der Waals surface area (Å²) in [5.74, 6) is -0.965. The van der Waals surface area contributed by atoms with Gasteiger partial charge in [-0.25, -0.2) is 0 Å². The summed E-state index contributed by atoms with van der Waals surface area (Å²) < 4.78 is 16.8. The van der Waals surface area contributed by atoms with E-state index in [2.05, 4.69) is 81.5 Å². The number of unbranched alkanes of at least 4 members (excludes halogenated alkanes) is 22. The highest BCUT2D eigenvalue weighted by Gasteiger charge is 2.19. The Morgan fingerprint density at radius 3 is 1.06 bits per heavy atom. The van der Waals surface area contributed by atoms with Crippen molar-refractivity contribution in [3.05, 3.63) is 134 Å². The molecule has 0 aliphatic carbocycles. The summed E-state index contributed by atoms with van der Waals surface area (Å²) in [5, 5.41) is 0. The van der Waals surface area contributed by atoms with Gasteiger partial charge in [0.25, 0.3) is 0 Å². The van der Waals surface area contributed by atoms with Crippen LogP contribution in [0.5, 0.6) is 0 Å². The highest BCUT2D eigenvalue weighted by atomic mass is 16.6. The van der Waals surface area contributed by atoms with Gasteiger partial charge in [-0.15, -0.1) is 0 Å². The van der Waals surface area contributed by atoms with Crippen molar-refractivity contribution in [1.29, 1.82) is 0 Å². The van der Waals surface area contributed by atoms with Crippen LogP contribution in [-0.2, 0) is 28.6 Å². The lowest BCUT2D eigenvalue weighted by molar-refractivity contribution is -0.167. The fraction of sp³-hybridized carbons (Fsp3) is 0.609. The lowest BCUT2D eigenvalue weighted by atomic mass is 10.0. The van der Waals surface area contributed by atoms with Crippen molar-refractivity contribution < 1.29 is 28.6 Å². The molecule has 0 radical (unpaired) electrons. The van der Waals surface area contributed by atoms with Crippen molar-refractivity contribution >= 4 is 17.9 Å². The molecule has 0 rings (SSSR count). The average molecular weight is 968 g/mol. The van der Waals surface area contributed by atoms with Gasteiger partial charge >= 0.3 is 17.9 Å². The monoisotopic (exact) mass is 967 g/mol. The molecule has 0 aliphatic heterocycles. The lowest BCUT2D eigenvalue weighted by Gasteiger charge is -2.18. The molecule has 70 heavy (non-hydrogen) atoms. The van der Waals surface area contributed by atoms with Gasteiger partial charge in [-0.1, -0.05) is 270 Å². The van der Waals surface area contributed by atoms with Gasteiger partial charge < -0.3 is 14.2 Å². The number of esters is 3. The average Bonchev–Trinajstić information content (AvgIpc) is 3.36. The van der Waals surface area contributed by atoms with E-state index in [1.54, 1.807) is 0 Å². The number of hydrogen-bond donors (Lipinski definition) is 0. The van der Waals surface area contributed by atoms with Crippen LogP contribution in [0.15, 0.2) is 134 Å². The first-order valence-corrected chi connectivity index (χ1v) is 28.3. The molecule has 0 N–H and O–H groups in total. The molecule has 1 atom stereocenters. The summed E-state index contributed by atoms with van der Waals surface area (Å²) in [6.07, 6.45) is 80.0. The zero-order valence-corrected chi connectivity index (χ0v) is 45.0. The third-order valence-corrected chi connectivity index (χ3v) is 11.6. The summed E-state index contributed by atoms with van der Waals surface area (Å²) in [7, 11) is 0. The largest absolute Gasteiger partial charge is 0.462 e. The summed E-state index contributed by atoms with van der Waals surface area (Å²) in [5.41, 5.74) is 0. The van der Waals surface area contributed by atoms with Crippen molar-refractivity contribution in [3.8, 4) is 0 Å². The maximum Gasteiger partial charge on any atom is 0.306 e. The van der Waals surface area contributed by atoms with Gasteiger partial charge in [0.15, 0.2) is 6.10 Å². The SMILES string of the molecule is CC\C=C/C=C\C=C/C=C\C=C\C=C/C=C\CCCCCC(=O)OCC(COC(=O)CCCCCCCCCCCCCCCC)OC(=O)CCCCCCCC/C=C\C/C=C\C/C=C\C/C=C\CC. The van der Waals surface area contributed by atoms with Gasteiger partial charge in [0.2, 0.25) is 0 Å². The van der Waals surface area contributed by atoms with E-state index in [4.69, 9.17) is 14.2 Å². The van der Waals surface area contributed by atoms with E-state index in [0.29, 0.717) is 19.3 Å². The highest BCUT2D eigenvalue weighted by Crippen LogP contribution is 2.15. The Labute approximate surface area is 430 Å². The number of allylic oxidation sites excluding steroid dienone is 22. The third-order valence-electron chi connectivity index (χ3n) is 11.6. The number of hydrogen-bond acceptors (Lipinski definition) is 6. The topological polar surface area (TPSA) is 78.9 Å². The van der Waals surface area contributed by atoms with E-state index < -0.39 is 6.10 Å². The molecule has 0 aliphatic rings. The van der Waals surface area contributed by atoms with E-state index in [0.717, 1.165) is 109 Å². The number of carbonyl (C=O) groups is 3. The van der Waals surface area contributed by atoms with Crippen molar-refractivity contribution in [2.24, 2.45) is 0 Å². The van der Waals surface area contributed by atoms with Crippen LogP contribution in [0.2, 0.25) is 0 Å². The van der Waals surface area contributed by atoms with Crippen molar-refractivity contribution in [2.45, 2.75) is 239 Å². The van der Waals surface area contributed by atoms with E-state index in [-0.39, 0.29) is 31.1 Å². The zero-order chi connectivity index (χ0) is 50.7. The van der Waals surface area contributed by atoms with E-state index in [1.807, 2.05) is 72.9 Å². The molecule has 0 fully saturated rings. The first kappa shape index (κ1) is 65.5. The Balaban J connectivity index is 4.53. The van der Waals surface area contributed by atoms with Crippen LogP contribution in [0, 0.1) is 0 Å². The van der Waals surface area contributed by atoms with Crippen LogP contribution in [0.3, 0.4) is 0 Å². The quantitative estimate of drug-likeness (QED) is 0.0199. The first-order valence-electron chi connectivity index (χ1n) is 28.3. The van der Waals surface area contributed by atoms with Gasteiger partial charge in [0.05, 0.1) is 0 Å². The summed E-state index contributed by atoms with van der Waals surface area (Å²) in [6.45, 7) is 6.33. The smallest absolute Gasteiger partial charge is 0.306 e. The summed E-state index contributed by atoms with van der Waals surface area (Å²) >= 11 is 0. The Morgan fingerprint density at radius 1 is 0.314 bits per heavy atom. The lowest BCUT2D eigenvalue weighted by Crippen LogP contribution is -2.30. The molecule has 0 saturated heterocycles. The molecule has 0 aromatic carbocycles. The number of ether oxygens (including phenoxy) is 3. The van der Waals surface area contributed by atoms with E-state index in [1.165, 1.54) is 83.5 Å². The molecule has 394 valence electrons. The fourth-order valence-electron chi connectivity index (χ4n) is 7.42. The van der Waals surface area contributed by atoms with Crippen LogP contribution in [0.4, 0.5) is 0 Å². The Hall–Kier alpha value is -4.45. The van der Waals surface area contributed by atoms with Crippen LogP contribution >= 0.6 is 0 Å². The Bertz CT molecular complexity index is 1530. The zero-order valence-electron chi connectivity index (χ0n) is 45.0. The molecule has 0 saturated carbocycles. The van der Waals surface area contributed by atoms with Crippen molar-refractivity contribution in [3.63, 3.8) is 0 Å². The molecular formula is C64H102O6.